The van der Waals surface area contributed by atoms with Crippen LogP contribution in [0.4, 0.5) is 4.79 Å². The lowest BCUT2D eigenvalue weighted by Gasteiger charge is -2.32. The molecule has 0 bridgehead atoms. The lowest BCUT2D eigenvalue weighted by molar-refractivity contribution is -0.142. The summed E-state index contributed by atoms with van der Waals surface area (Å²) >= 11 is 0. The number of aliphatic carboxylic acids is 1. The summed E-state index contributed by atoms with van der Waals surface area (Å²) in [7, 11) is -3.19. The Kier molecular flexibility index (Phi) is 4.16. The molecule has 1 aliphatic heterocycles. The molecule has 1 aliphatic rings. The fourth-order valence-electron chi connectivity index (χ4n) is 2.11. The molecule has 2 amide bonds. The second kappa shape index (κ2) is 5.72. The van der Waals surface area contributed by atoms with E-state index in [1.807, 2.05) is 0 Å². The van der Waals surface area contributed by atoms with E-state index < -0.39 is 27.9 Å². The van der Waals surface area contributed by atoms with Gasteiger partial charge in [0.1, 0.15) is 15.9 Å². The second-order valence-corrected chi connectivity index (χ2v) is 7.14. The van der Waals surface area contributed by atoms with E-state index in [2.05, 4.69) is 15.3 Å². The Bertz CT molecular complexity index is 653. The second-order valence-electron chi connectivity index (χ2n) is 4.88. The van der Waals surface area contributed by atoms with Crippen molar-refractivity contribution in [3.63, 3.8) is 0 Å². The third kappa shape index (κ3) is 3.72. The number of carbonyl (C=O) groups is 2. The van der Waals surface area contributed by atoms with E-state index in [0.717, 1.165) is 11.2 Å². The van der Waals surface area contributed by atoms with Crippen LogP contribution in [-0.2, 0) is 27.6 Å². The van der Waals surface area contributed by atoms with Crippen LogP contribution in [-0.4, -0.2) is 65.0 Å². The van der Waals surface area contributed by atoms with Crippen molar-refractivity contribution >= 4 is 21.8 Å². The van der Waals surface area contributed by atoms with Gasteiger partial charge in [-0.05, 0) is 0 Å². The zero-order valence-electron chi connectivity index (χ0n) is 11.4. The fraction of sp³-hybridized carbons (Fsp3) is 0.545. The molecule has 0 fully saturated rings. The van der Waals surface area contributed by atoms with E-state index in [4.69, 9.17) is 0 Å². The number of nitrogens with zero attached hydrogens (tertiary/aromatic N) is 2. The molecule has 2 rings (SSSR count). The van der Waals surface area contributed by atoms with Gasteiger partial charge in [-0.3, -0.25) is 0 Å². The molecular weight excluding hydrogens is 300 g/mol. The van der Waals surface area contributed by atoms with Crippen LogP contribution >= 0.6 is 0 Å². The molecule has 0 aromatic carbocycles. The van der Waals surface area contributed by atoms with Gasteiger partial charge in [0, 0.05) is 19.2 Å². The van der Waals surface area contributed by atoms with Crippen molar-refractivity contribution in [3.05, 3.63) is 17.7 Å². The van der Waals surface area contributed by atoms with E-state index >= 15 is 0 Å². The quantitative estimate of drug-likeness (QED) is 0.651. The molecule has 21 heavy (non-hydrogen) atoms. The number of hydrogen-bond acceptors (Lipinski definition) is 5. The first-order chi connectivity index (χ1) is 9.78. The number of carboxylic acid groups (broad SMARTS) is 1. The smallest absolute Gasteiger partial charge is 0.326 e. The lowest BCUT2D eigenvalue weighted by atomic mass is 10.0. The summed E-state index contributed by atoms with van der Waals surface area (Å²) < 4.78 is 22.0. The fourth-order valence-corrected chi connectivity index (χ4v) is 2.59. The van der Waals surface area contributed by atoms with Gasteiger partial charge in [-0.1, -0.05) is 0 Å². The van der Waals surface area contributed by atoms with E-state index in [9.17, 15) is 23.1 Å². The maximum Gasteiger partial charge on any atom is 0.326 e. The highest BCUT2D eigenvalue weighted by molar-refractivity contribution is 7.90. The Morgan fingerprint density at radius 2 is 2.29 bits per heavy atom. The highest BCUT2D eigenvalue weighted by Gasteiger charge is 2.35. The first-order valence-corrected chi connectivity index (χ1v) is 8.30. The van der Waals surface area contributed by atoms with Gasteiger partial charge in [0.25, 0.3) is 0 Å². The van der Waals surface area contributed by atoms with Crippen molar-refractivity contribution in [2.75, 3.05) is 18.6 Å². The highest BCUT2D eigenvalue weighted by Crippen LogP contribution is 2.20. The molecule has 0 saturated heterocycles. The van der Waals surface area contributed by atoms with E-state index in [-0.39, 0.29) is 25.3 Å². The molecule has 0 radical (unpaired) electrons. The molecule has 116 valence electrons. The molecule has 0 aliphatic carbocycles. The van der Waals surface area contributed by atoms with Crippen LogP contribution in [0.25, 0.3) is 0 Å². The van der Waals surface area contributed by atoms with Gasteiger partial charge in [0.05, 0.1) is 30.0 Å². The molecule has 1 unspecified atom stereocenters. The average Bonchev–Trinajstić information content (AvgIpc) is 2.82. The molecule has 0 saturated carbocycles. The predicted molar refractivity (Wildman–Crippen MR) is 72.4 cm³/mol. The summed E-state index contributed by atoms with van der Waals surface area (Å²) in [6.07, 6.45) is 2.64. The summed E-state index contributed by atoms with van der Waals surface area (Å²) in [5, 5.41) is 11.6. The molecule has 2 heterocycles. The number of carbonyl (C=O) groups excluding carboxylic acids is 1. The van der Waals surface area contributed by atoms with E-state index in [1.165, 1.54) is 6.33 Å². The first-order valence-electron chi connectivity index (χ1n) is 6.24. The number of carboxylic acids is 1. The zero-order valence-corrected chi connectivity index (χ0v) is 12.2. The van der Waals surface area contributed by atoms with Crippen LogP contribution in [0.2, 0.25) is 0 Å². The highest BCUT2D eigenvalue weighted by atomic mass is 32.2. The van der Waals surface area contributed by atoms with Crippen LogP contribution in [0, 0.1) is 0 Å². The SMILES string of the molecule is CS(=O)(=O)CCNC(=O)N1Cc2[nH]cnc2CC1C(=O)O. The van der Waals surface area contributed by atoms with Crippen LogP contribution < -0.4 is 5.32 Å². The Hall–Kier alpha value is -2.10. The topological polar surface area (TPSA) is 132 Å². The molecule has 0 spiro atoms. The number of amides is 2. The Morgan fingerprint density at radius 1 is 1.57 bits per heavy atom. The molecular formula is C11H16N4O5S. The number of aromatic nitrogens is 2. The largest absolute Gasteiger partial charge is 0.480 e. The summed E-state index contributed by atoms with van der Waals surface area (Å²) in [5.74, 6) is -1.32. The monoisotopic (exact) mass is 316 g/mol. The summed E-state index contributed by atoms with van der Waals surface area (Å²) in [6, 6.07) is -1.62. The third-order valence-corrected chi connectivity index (χ3v) is 4.14. The number of aromatic amines is 1. The lowest BCUT2D eigenvalue weighted by Crippen LogP contribution is -2.52. The van der Waals surface area contributed by atoms with Gasteiger partial charge in [-0.25, -0.2) is 23.0 Å². The number of urea groups is 1. The number of fused-ring (bicyclic) bond motifs is 1. The van der Waals surface area contributed by atoms with Crippen molar-refractivity contribution in [1.82, 2.24) is 20.2 Å². The van der Waals surface area contributed by atoms with Crippen molar-refractivity contribution < 1.29 is 23.1 Å². The van der Waals surface area contributed by atoms with Gasteiger partial charge in [-0.2, -0.15) is 0 Å². The van der Waals surface area contributed by atoms with Gasteiger partial charge in [0.2, 0.25) is 0 Å². The number of hydrogen-bond donors (Lipinski definition) is 3. The third-order valence-electron chi connectivity index (χ3n) is 3.19. The number of rotatable bonds is 4. The molecule has 9 nitrogen and oxygen atoms in total. The van der Waals surface area contributed by atoms with Gasteiger partial charge >= 0.3 is 12.0 Å². The molecule has 1 atom stereocenters. The Balaban J connectivity index is 2.06. The van der Waals surface area contributed by atoms with Gasteiger partial charge < -0.3 is 20.3 Å². The minimum atomic E-state index is -3.19. The maximum atomic E-state index is 12.1. The zero-order chi connectivity index (χ0) is 15.6. The van der Waals surface area contributed by atoms with Gasteiger partial charge in [-0.15, -0.1) is 0 Å². The van der Waals surface area contributed by atoms with E-state index in [1.54, 1.807) is 0 Å². The minimum Gasteiger partial charge on any atom is -0.480 e. The van der Waals surface area contributed by atoms with Gasteiger partial charge in [0.15, 0.2) is 0 Å². The number of H-pyrrole nitrogens is 1. The van der Waals surface area contributed by atoms with E-state index in [0.29, 0.717) is 11.4 Å². The normalized spacial score (nSPS) is 18.1. The molecule has 1 aromatic rings. The predicted octanol–water partition coefficient (Wildman–Crippen LogP) is -1.02. The number of imidazole rings is 1. The summed E-state index contributed by atoms with van der Waals surface area (Å²) in [6.45, 7) is 0.0351. The number of nitrogens with one attached hydrogen (secondary N) is 2. The van der Waals surface area contributed by atoms with Crippen LogP contribution in [0.5, 0.6) is 0 Å². The number of sulfone groups is 1. The standard InChI is InChI=1S/C11H16N4O5S/c1-21(19,20)3-2-12-11(18)15-5-8-7(13-6-14-8)4-9(15)10(16)17/h6,9H,2-5H2,1H3,(H,12,18)(H,13,14)(H,16,17). The van der Waals surface area contributed by atoms with Crippen LogP contribution in [0.15, 0.2) is 6.33 Å². The molecule has 10 heteroatoms. The average molecular weight is 316 g/mol. The van der Waals surface area contributed by atoms with Crippen molar-refractivity contribution in [1.29, 1.82) is 0 Å². The van der Waals surface area contributed by atoms with Crippen LogP contribution in [0.3, 0.4) is 0 Å². The molecule has 3 N–H and O–H groups in total. The maximum absolute atomic E-state index is 12.1. The van der Waals surface area contributed by atoms with Crippen molar-refractivity contribution in [3.8, 4) is 0 Å². The van der Waals surface area contributed by atoms with Crippen molar-refractivity contribution in [2.24, 2.45) is 0 Å². The van der Waals surface area contributed by atoms with Crippen molar-refractivity contribution in [2.45, 2.75) is 19.0 Å². The first kappa shape index (κ1) is 15.3. The summed E-state index contributed by atoms with van der Waals surface area (Å²) in [4.78, 5) is 31.4. The summed E-state index contributed by atoms with van der Waals surface area (Å²) in [5.41, 5.74) is 1.31. The molecule has 1 aromatic heterocycles. The van der Waals surface area contributed by atoms with Crippen LogP contribution in [0.1, 0.15) is 11.4 Å². The Morgan fingerprint density at radius 3 is 2.90 bits per heavy atom. The minimum absolute atomic E-state index is 0.0592. The Labute approximate surface area is 121 Å².